The van der Waals surface area contributed by atoms with Crippen LogP contribution >= 0.6 is 0 Å². The molecule has 1 aromatic heterocycles. The number of rotatable bonds is 13. The molecule has 4 atom stereocenters. The number of carbonyl (C=O) groups excluding carboxylic acids is 1. The number of ether oxygens (including phenoxy) is 4. The van der Waals surface area contributed by atoms with Crippen LogP contribution in [-0.2, 0) is 25.1 Å². The van der Waals surface area contributed by atoms with E-state index in [1.54, 1.807) is 69.7 Å². The molecule has 3 heterocycles. The van der Waals surface area contributed by atoms with Crippen LogP contribution in [0.15, 0.2) is 155 Å². The number of nitrogens with one attached hydrogen (secondary N) is 1. The van der Waals surface area contributed by atoms with E-state index in [2.05, 4.69) is 10.3 Å². The molecule has 2 saturated heterocycles. The number of amides is 1. The first kappa shape index (κ1) is 39.7. The number of nitrogens with zero attached hydrogens (tertiary/aromatic N) is 3. The normalized spacial score (nSPS) is 20.3. The van der Waals surface area contributed by atoms with Gasteiger partial charge >= 0.3 is 5.69 Å². The predicted octanol–water partition coefficient (Wildman–Crippen LogP) is 5.53. The van der Waals surface area contributed by atoms with Crippen LogP contribution in [-0.4, -0.2) is 78.4 Å². The number of benzene rings is 5. The van der Waals surface area contributed by atoms with Crippen LogP contribution in [0.25, 0.3) is 0 Å². The first-order valence-electron chi connectivity index (χ1n) is 18.9. The highest BCUT2D eigenvalue weighted by Crippen LogP contribution is 2.51. The number of sulfonamides is 1. The fourth-order valence-electron chi connectivity index (χ4n) is 7.96. The zero-order valence-electron chi connectivity index (χ0n) is 32.5. The SMILES string of the molecule is COc1ccc(C(OC[C@@]23CN(S(=O)(=O)c4ccccc4)[C@@H]([C@H](n4cc(C)c(NC(=O)c5ccccc5)nc4=O)O2)[C@@H]3O)(c2ccccc2)c2ccc(OC)cc2)cc1. The number of carbonyl (C=O) groups is 1. The van der Waals surface area contributed by atoms with Crippen LogP contribution in [0.3, 0.4) is 0 Å². The number of morpholine rings is 1. The van der Waals surface area contributed by atoms with Crippen molar-refractivity contribution < 1.29 is 37.3 Å². The second-order valence-electron chi connectivity index (χ2n) is 14.4. The maximum absolute atomic E-state index is 14.5. The molecule has 13 nitrogen and oxygen atoms in total. The van der Waals surface area contributed by atoms with Gasteiger partial charge in [-0.3, -0.25) is 9.36 Å². The quantitative estimate of drug-likeness (QED) is 0.142. The van der Waals surface area contributed by atoms with Crippen LogP contribution in [0.2, 0.25) is 0 Å². The Morgan fingerprint density at radius 1 is 0.831 bits per heavy atom. The summed E-state index contributed by atoms with van der Waals surface area (Å²) in [5, 5.41) is 15.1. The van der Waals surface area contributed by atoms with Crippen LogP contribution in [0.4, 0.5) is 5.82 Å². The van der Waals surface area contributed by atoms with Gasteiger partial charge < -0.3 is 29.4 Å². The van der Waals surface area contributed by atoms with Gasteiger partial charge in [0.15, 0.2) is 6.23 Å². The van der Waals surface area contributed by atoms with Gasteiger partial charge in [0.25, 0.3) is 5.91 Å². The number of fused-ring (bicyclic) bond motifs is 2. The van der Waals surface area contributed by atoms with Crippen molar-refractivity contribution in [1.29, 1.82) is 0 Å². The number of aliphatic hydroxyl groups excluding tert-OH is 1. The van der Waals surface area contributed by atoms with E-state index < -0.39 is 51.2 Å². The number of aliphatic hydroxyl groups is 1. The molecule has 2 N–H and O–H groups in total. The Kier molecular flexibility index (Phi) is 10.7. The lowest BCUT2D eigenvalue weighted by Gasteiger charge is -2.41. The zero-order chi connectivity index (χ0) is 41.4. The highest BCUT2D eigenvalue weighted by atomic mass is 32.2. The van der Waals surface area contributed by atoms with Crippen LogP contribution in [0.5, 0.6) is 11.5 Å². The summed E-state index contributed by atoms with van der Waals surface area (Å²) in [4.78, 5) is 31.1. The minimum absolute atomic E-state index is 0.00490. The lowest BCUT2D eigenvalue weighted by Crippen LogP contribution is -2.52. The van der Waals surface area contributed by atoms with Crippen molar-refractivity contribution in [2.24, 2.45) is 0 Å². The molecule has 2 fully saturated rings. The van der Waals surface area contributed by atoms with Gasteiger partial charge in [0.1, 0.15) is 34.6 Å². The molecule has 0 radical (unpaired) electrons. The van der Waals surface area contributed by atoms with Crippen molar-refractivity contribution in [2.75, 3.05) is 32.7 Å². The second kappa shape index (κ2) is 15.9. The lowest BCUT2D eigenvalue weighted by atomic mass is 9.79. The third-order valence-electron chi connectivity index (χ3n) is 11.0. The minimum atomic E-state index is -4.27. The van der Waals surface area contributed by atoms with E-state index in [4.69, 9.17) is 18.9 Å². The third-order valence-corrected chi connectivity index (χ3v) is 12.9. The van der Waals surface area contributed by atoms with Gasteiger partial charge in [0.2, 0.25) is 10.0 Å². The molecule has 59 heavy (non-hydrogen) atoms. The fraction of sp³-hybridized carbons (Fsp3) is 0.222. The molecule has 6 aromatic rings. The summed E-state index contributed by atoms with van der Waals surface area (Å²) in [6.07, 6.45) is -1.37. The Bertz CT molecular complexity index is 2560. The average molecular weight is 815 g/mol. The maximum Gasteiger partial charge on any atom is 0.351 e. The summed E-state index contributed by atoms with van der Waals surface area (Å²) in [6.45, 7) is 1.03. The molecule has 5 aromatic carbocycles. The molecular formula is C45H42N4O9S. The van der Waals surface area contributed by atoms with Crippen LogP contribution < -0.4 is 20.5 Å². The third kappa shape index (κ3) is 7.08. The summed E-state index contributed by atoms with van der Waals surface area (Å²) in [6, 6.07) is 39.5. The fourth-order valence-corrected chi connectivity index (χ4v) is 9.66. The van der Waals surface area contributed by atoms with E-state index in [-0.39, 0.29) is 23.9 Å². The van der Waals surface area contributed by atoms with Crippen molar-refractivity contribution in [2.45, 2.75) is 41.4 Å². The molecule has 14 heteroatoms. The monoisotopic (exact) mass is 814 g/mol. The Morgan fingerprint density at radius 2 is 1.36 bits per heavy atom. The highest BCUT2D eigenvalue weighted by Gasteiger charge is 2.67. The highest BCUT2D eigenvalue weighted by molar-refractivity contribution is 7.89. The Balaban J connectivity index is 1.23. The lowest BCUT2D eigenvalue weighted by molar-refractivity contribution is -0.171. The van der Waals surface area contributed by atoms with Crippen molar-refractivity contribution >= 4 is 21.7 Å². The van der Waals surface area contributed by atoms with Gasteiger partial charge in [0, 0.05) is 23.9 Å². The molecule has 2 aliphatic rings. The van der Waals surface area contributed by atoms with E-state index in [1.165, 1.54) is 22.6 Å². The number of methoxy groups -OCH3 is 2. The maximum atomic E-state index is 14.5. The molecule has 2 bridgehead atoms. The van der Waals surface area contributed by atoms with Crippen molar-refractivity contribution in [3.63, 3.8) is 0 Å². The molecule has 0 unspecified atom stereocenters. The van der Waals surface area contributed by atoms with E-state index in [0.29, 0.717) is 33.8 Å². The van der Waals surface area contributed by atoms with Gasteiger partial charge in [-0.25, -0.2) is 13.2 Å². The number of aromatic nitrogens is 2. The standard InChI is InChI=1S/C45H42N4O9S/c1-30-27-48(43(52)47-40(30)46-41(51)31-13-7-4-8-14-31)42-38-39(50)44(58-42,28-49(38)59(53,54)37-17-11-6-12-18-37)29-57-45(32-15-9-5-10-16-32,33-19-23-35(55-2)24-20-33)34-21-25-36(56-3)26-22-34/h4-27,38-39,42,50H,28-29H2,1-3H3,(H,46,47,51,52)/t38-,39+,42-,44-/m1/s1. The summed E-state index contributed by atoms with van der Waals surface area (Å²) < 4.78 is 56.2. The largest absolute Gasteiger partial charge is 0.497 e. The minimum Gasteiger partial charge on any atom is -0.497 e. The number of anilines is 1. The molecule has 0 aliphatic carbocycles. The molecule has 0 saturated carbocycles. The van der Waals surface area contributed by atoms with Gasteiger partial charge in [-0.05, 0) is 72.1 Å². The molecule has 0 spiro atoms. The molecule has 2 aliphatic heterocycles. The van der Waals surface area contributed by atoms with E-state index in [0.717, 1.165) is 10.1 Å². The van der Waals surface area contributed by atoms with Gasteiger partial charge in [-0.1, -0.05) is 91.0 Å². The van der Waals surface area contributed by atoms with Crippen LogP contribution in [0, 0.1) is 6.92 Å². The summed E-state index contributed by atoms with van der Waals surface area (Å²) in [5.41, 5.74) is -0.925. The smallest absolute Gasteiger partial charge is 0.351 e. The Labute approximate surface area is 341 Å². The predicted molar refractivity (Wildman–Crippen MR) is 219 cm³/mol. The topological polar surface area (TPSA) is 159 Å². The molecule has 1 amide bonds. The first-order valence-corrected chi connectivity index (χ1v) is 20.3. The Hall–Kier alpha value is -6.16. The number of aryl methyl sites for hydroxylation is 1. The number of hydrogen-bond acceptors (Lipinski definition) is 10. The van der Waals surface area contributed by atoms with Crippen molar-refractivity contribution in [3.05, 3.63) is 184 Å². The van der Waals surface area contributed by atoms with Crippen molar-refractivity contribution in [3.8, 4) is 11.5 Å². The summed E-state index contributed by atoms with van der Waals surface area (Å²) in [7, 11) is -1.11. The van der Waals surface area contributed by atoms with E-state index in [1.807, 2.05) is 78.9 Å². The van der Waals surface area contributed by atoms with Gasteiger partial charge in [-0.2, -0.15) is 9.29 Å². The van der Waals surface area contributed by atoms with E-state index in [9.17, 15) is 23.1 Å². The average Bonchev–Trinajstić information content (AvgIpc) is 3.72. The molecular weight excluding hydrogens is 773 g/mol. The first-order chi connectivity index (χ1) is 28.5. The van der Waals surface area contributed by atoms with Gasteiger partial charge in [-0.15, -0.1) is 0 Å². The van der Waals surface area contributed by atoms with Crippen LogP contribution in [0.1, 0.15) is 38.8 Å². The Morgan fingerprint density at radius 3 is 1.92 bits per heavy atom. The molecule has 8 rings (SSSR count). The molecule has 302 valence electrons. The van der Waals surface area contributed by atoms with E-state index >= 15 is 0 Å². The number of hydrogen-bond donors (Lipinski definition) is 2. The van der Waals surface area contributed by atoms with Crippen molar-refractivity contribution in [1.82, 2.24) is 13.9 Å². The van der Waals surface area contributed by atoms with Gasteiger partial charge in [0.05, 0.1) is 31.8 Å². The summed E-state index contributed by atoms with van der Waals surface area (Å²) in [5.74, 6) is 0.822. The second-order valence-corrected chi connectivity index (χ2v) is 16.3. The zero-order valence-corrected chi connectivity index (χ0v) is 33.3. The summed E-state index contributed by atoms with van der Waals surface area (Å²) >= 11 is 0.